The average molecular weight is 290 g/mol. The molecule has 2 rings (SSSR count). The largest absolute Gasteiger partial charge is 0.477 e. The molecule has 0 atom stereocenters. The van der Waals surface area contributed by atoms with Crippen LogP contribution in [0.3, 0.4) is 0 Å². The highest BCUT2D eigenvalue weighted by molar-refractivity contribution is 7.15. The molecule has 1 N–H and O–H groups in total. The van der Waals surface area contributed by atoms with Crippen molar-refractivity contribution in [1.29, 1.82) is 0 Å². The van der Waals surface area contributed by atoms with Gasteiger partial charge in [0.15, 0.2) is 5.06 Å². The Morgan fingerprint density at radius 2 is 1.90 bits per heavy atom. The van der Waals surface area contributed by atoms with Crippen molar-refractivity contribution in [2.45, 2.75) is 33.1 Å². The molecule has 0 unspecified atom stereocenters. The fourth-order valence-electron chi connectivity index (χ4n) is 1.93. The Bertz CT molecular complexity index is 635. The third kappa shape index (κ3) is 3.20. The second-order valence-corrected chi connectivity index (χ2v) is 6.82. The number of benzene rings is 1. The maximum absolute atomic E-state index is 10.9. The highest BCUT2D eigenvalue weighted by Gasteiger charge is 2.20. The maximum atomic E-state index is 10.9. The molecule has 106 valence electrons. The molecule has 0 aliphatic carbocycles. The van der Waals surface area contributed by atoms with Crippen molar-refractivity contribution in [1.82, 2.24) is 0 Å². The molecular formula is C16H18O3S. The lowest BCUT2D eigenvalue weighted by molar-refractivity contribution is 0.0702. The lowest BCUT2D eigenvalue weighted by Crippen LogP contribution is -2.12. The van der Waals surface area contributed by atoms with Gasteiger partial charge in [0.25, 0.3) is 0 Å². The highest BCUT2D eigenvalue weighted by atomic mass is 32.1. The molecule has 0 bridgehead atoms. The highest BCUT2D eigenvalue weighted by Crippen LogP contribution is 2.37. The summed E-state index contributed by atoms with van der Waals surface area (Å²) in [5.74, 6) is -0.138. The molecule has 0 radical (unpaired) electrons. The normalized spacial score (nSPS) is 11.4. The summed E-state index contributed by atoms with van der Waals surface area (Å²) in [6.45, 7) is 8.39. The van der Waals surface area contributed by atoms with Crippen LogP contribution in [-0.4, -0.2) is 11.1 Å². The number of rotatable bonds is 3. The number of aromatic carboxylic acids is 1. The summed E-state index contributed by atoms with van der Waals surface area (Å²) in [6.07, 6.45) is 0. The van der Waals surface area contributed by atoms with E-state index in [0.29, 0.717) is 5.06 Å². The van der Waals surface area contributed by atoms with Crippen LogP contribution in [0.25, 0.3) is 0 Å². The van der Waals surface area contributed by atoms with E-state index in [1.807, 2.05) is 13.0 Å². The van der Waals surface area contributed by atoms with Gasteiger partial charge in [0.1, 0.15) is 10.6 Å². The predicted molar refractivity (Wildman–Crippen MR) is 81.2 cm³/mol. The quantitative estimate of drug-likeness (QED) is 0.879. The van der Waals surface area contributed by atoms with Gasteiger partial charge in [-0.15, -0.1) is 0 Å². The number of carboxylic acid groups (broad SMARTS) is 1. The number of carboxylic acids is 1. The lowest BCUT2D eigenvalue weighted by atomic mass is 9.86. The molecule has 0 aliphatic heterocycles. The molecule has 4 heteroatoms. The maximum Gasteiger partial charge on any atom is 0.345 e. The van der Waals surface area contributed by atoms with Crippen LogP contribution in [0.2, 0.25) is 0 Å². The molecule has 20 heavy (non-hydrogen) atoms. The van der Waals surface area contributed by atoms with Gasteiger partial charge in [-0.25, -0.2) is 4.79 Å². The van der Waals surface area contributed by atoms with Crippen LogP contribution in [0, 0.1) is 6.92 Å². The zero-order valence-electron chi connectivity index (χ0n) is 12.1. The summed E-state index contributed by atoms with van der Waals surface area (Å²) >= 11 is 1.14. The first-order valence-corrected chi connectivity index (χ1v) is 7.21. The molecular weight excluding hydrogens is 272 g/mol. The zero-order chi connectivity index (χ0) is 14.9. The standard InChI is InChI=1S/C16H18O3S/c1-10-5-6-11(16(2,3)4)12(9-10)19-14-8-7-13(20-14)15(17)18/h5-9H,1-4H3,(H,17,18). The molecule has 0 spiro atoms. The first kappa shape index (κ1) is 14.6. The van der Waals surface area contributed by atoms with Gasteiger partial charge >= 0.3 is 5.97 Å². The van der Waals surface area contributed by atoms with E-state index in [-0.39, 0.29) is 10.3 Å². The van der Waals surface area contributed by atoms with E-state index in [4.69, 9.17) is 9.84 Å². The van der Waals surface area contributed by atoms with Gasteiger partial charge in [0.2, 0.25) is 0 Å². The van der Waals surface area contributed by atoms with Crippen molar-refractivity contribution in [3.05, 3.63) is 46.3 Å². The summed E-state index contributed by atoms with van der Waals surface area (Å²) in [4.78, 5) is 11.2. The zero-order valence-corrected chi connectivity index (χ0v) is 12.9. The van der Waals surface area contributed by atoms with Gasteiger partial charge in [-0.3, -0.25) is 0 Å². The molecule has 0 amide bonds. The van der Waals surface area contributed by atoms with Crippen LogP contribution < -0.4 is 4.74 Å². The Kier molecular flexibility index (Phi) is 3.86. The number of ether oxygens (including phenoxy) is 1. The molecule has 3 nitrogen and oxygen atoms in total. The van der Waals surface area contributed by atoms with Gasteiger partial charge in [-0.2, -0.15) is 0 Å². The SMILES string of the molecule is Cc1ccc(C(C)(C)C)c(Oc2ccc(C(=O)O)s2)c1. The summed E-state index contributed by atoms with van der Waals surface area (Å²) < 4.78 is 5.90. The van der Waals surface area contributed by atoms with Crippen molar-refractivity contribution in [2.24, 2.45) is 0 Å². The molecule has 0 fully saturated rings. The second-order valence-electron chi connectivity index (χ2n) is 5.78. The molecule has 0 saturated heterocycles. The Labute approximate surface area is 122 Å². The monoisotopic (exact) mass is 290 g/mol. The fourth-order valence-corrected chi connectivity index (χ4v) is 2.64. The number of carbonyl (C=O) groups is 1. The molecule has 0 saturated carbocycles. The van der Waals surface area contributed by atoms with Crippen LogP contribution in [0.5, 0.6) is 10.8 Å². The summed E-state index contributed by atoms with van der Waals surface area (Å²) in [6, 6.07) is 9.37. The first-order chi connectivity index (χ1) is 9.27. The van der Waals surface area contributed by atoms with E-state index >= 15 is 0 Å². The average Bonchev–Trinajstić information content (AvgIpc) is 2.76. The van der Waals surface area contributed by atoms with E-state index < -0.39 is 5.97 Å². The molecule has 2 aromatic rings. The third-order valence-electron chi connectivity index (χ3n) is 2.95. The minimum Gasteiger partial charge on any atom is -0.477 e. The Hall–Kier alpha value is -1.81. The van der Waals surface area contributed by atoms with E-state index in [9.17, 15) is 4.79 Å². The number of hydrogen-bond acceptors (Lipinski definition) is 3. The van der Waals surface area contributed by atoms with E-state index in [1.54, 1.807) is 12.1 Å². The fraction of sp³-hybridized carbons (Fsp3) is 0.312. The van der Waals surface area contributed by atoms with Crippen LogP contribution in [0.15, 0.2) is 30.3 Å². The number of thiophene rings is 1. The first-order valence-electron chi connectivity index (χ1n) is 6.39. The topological polar surface area (TPSA) is 46.5 Å². The summed E-state index contributed by atoms with van der Waals surface area (Å²) in [5.41, 5.74) is 2.19. The predicted octanol–water partition coefficient (Wildman–Crippen LogP) is 4.84. The van der Waals surface area contributed by atoms with E-state index in [2.05, 4.69) is 32.9 Å². The Morgan fingerprint density at radius 1 is 1.20 bits per heavy atom. The third-order valence-corrected chi connectivity index (χ3v) is 3.90. The van der Waals surface area contributed by atoms with Gasteiger partial charge in [-0.1, -0.05) is 44.2 Å². The molecule has 1 aromatic carbocycles. The summed E-state index contributed by atoms with van der Waals surface area (Å²) in [7, 11) is 0. The van der Waals surface area contributed by atoms with Crippen molar-refractivity contribution in [2.75, 3.05) is 0 Å². The number of hydrogen-bond donors (Lipinski definition) is 1. The minimum absolute atomic E-state index is 0.0318. The number of aryl methyl sites for hydroxylation is 1. The lowest BCUT2D eigenvalue weighted by Gasteiger charge is -2.22. The van der Waals surface area contributed by atoms with E-state index in [0.717, 1.165) is 28.2 Å². The van der Waals surface area contributed by atoms with Gasteiger partial charge in [0.05, 0.1) is 0 Å². The van der Waals surface area contributed by atoms with Crippen LogP contribution in [0.4, 0.5) is 0 Å². The van der Waals surface area contributed by atoms with Crippen molar-refractivity contribution < 1.29 is 14.6 Å². The molecule has 0 aliphatic rings. The van der Waals surface area contributed by atoms with Crippen molar-refractivity contribution in [3.8, 4) is 10.8 Å². The van der Waals surface area contributed by atoms with Crippen LogP contribution >= 0.6 is 11.3 Å². The van der Waals surface area contributed by atoms with Crippen molar-refractivity contribution in [3.63, 3.8) is 0 Å². The van der Waals surface area contributed by atoms with E-state index in [1.165, 1.54) is 0 Å². The van der Waals surface area contributed by atoms with Crippen LogP contribution in [-0.2, 0) is 5.41 Å². The Morgan fingerprint density at radius 3 is 2.45 bits per heavy atom. The minimum atomic E-state index is -0.926. The smallest absolute Gasteiger partial charge is 0.345 e. The van der Waals surface area contributed by atoms with Crippen LogP contribution in [0.1, 0.15) is 41.6 Å². The molecule has 1 heterocycles. The van der Waals surface area contributed by atoms with Gasteiger partial charge in [-0.05, 0) is 36.1 Å². The Balaban J connectivity index is 2.36. The second kappa shape index (κ2) is 5.29. The van der Waals surface area contributed by atoms with Gasteiger partial charge in [0, 0.05) is 5.56 Å². The van der Waals surface area contributed by atoms with Gasteiger partial charge < -0.3 is 9.84 Å². The molecule has 1 aromatic heterocycles. The van der Waals surface area contributed by atoms with Crippen molar-refractivity contribution >= 4 is 17.3 Å². The summed E-state index contributed by atoms with van der Waals surface area (Å²) in [5, 5.41) is 9.54.